The normalized spacial score (nSPS) is 35.6. The number of ketones is 1. The number of esters is 1. The number of ether oxygens (including phenoxy) is 2. The second-order valence-corrected chi connectivity index (χ2v) is 13.3. The number of carbonyl (C=O) groups is 2. The van der Waals surface area contributed by atoms with E-state index in [4.69, 9.17) is 9.47 Å². The first kappa shape index (κ1) is 30.9. The van der Waals surface area contributed by atoms with E-state index < -0.39 is 35.6 Å². The molecule has 38 heavy (non-hydrogen) atoms. The summed E-state index contributed by atoms with van der Waals surface area (Å²) in [5.41, 5.74) is 0.155. The third-order valence-corrected chi connectivity index (χ3v) is 9.16. The van der Waals surface area contributed by atoms with Crippen LogP contribution in [0.3, 0.4) is 0 Å². The maximum atomic E-state index is 13.3. The summed E-state index contributed by atoms with van der Waals surface area (Å²) in [6.45, 7) is 11.7. The standard InChI is InChI=1S/C29H46N2O6S/c1-17-10-9-11-29(6)23(37-29)13-21(18(2)12-20-16-38-24(30-20)15-31(7)8)36-25(33)14-22(32)28(4,5)27(35)19(3)26(17)34/h12,16-17,19,21-23,26,32,34H,9-11,13-15H2,1-8H3/t17-,19+,21-,22-,23-,26-,29+/m0/s1. The van der Waals surface area contributed by atoms with Crippen LogP contribution < -0.4 is 0 Å². The Morgan fingerprint density at radius 2 is 1.92 bits per heavy atom. The molecule has 8 nitrogen and oxygen atoms in total. The summed E-state index contributed by atoms with van der Waals surface area (Å²) in [5, 5.41) is 24.8. The number of hydrogen-bond acceptors (Lipinski definition) is 9. The Kier molecular flexibility index (Phi) is 9.96. The molecule has 3 rings (SSSR count). The summed E-state index contributed by atoms with van der Waals surface area (Å²) in [6, 6.07) is 0. The molecule has 2 aliphatic heterocycles. The van der Waals surface area contributed by atoms with Crippen LogP contribution in [0.4, 0.5) is 0 Å². The molecule has 0 unspecified atom stereocenters. The fourth-order valence-electron chi connectivity index (χ4n) is 5.35. The fraction of sp³-hybridized carbons (Fsp3) is 0.759. The van der Waals surface area contributed by atoms with Crippen LogP contribution in [-0.2, 0) is 25.6 Å². The molecule has 0 saturated carbocycles. The Morgan fingerprint density at radius 3 is 2.58 bits per heavy atom. The maximum absolute atomic E-state index is 13.3. The van der Waals surface area contributed by atoms with E-state index in [9.17, 15) is 19.8 Å². The lowest BCUT2D eigenvalue weighted by Crippen LogP contribution is -2.45. The van der Waals surface area contributed by atoms with Gasteiger partial charge in [0, 0.05) is 24.3 Å². The van der Waals surface area contributed by atoms with Gasteiger partial charge in [-0.3, -0.25) is 9.59 Å². The molecule has 214 valence electrons. The molecule has 2 aliphatic rings. The molecule has 0 aliphatic carbocycles. The second-order valence-electron chi connectivity index (χ2n) is 12.4. The highest BCUT2D eigenvalue weighted by molar-refractivity contribution is 7.09. The van der Waals surface area contributed by atoms with Crippen LogP contribution in [0.25, 0.3) is 6.08 Å². The van der Waals surface area contributed by atoms with Crippen molar-refractivity contribution >= 4 is 29.2 Å². The minimum absolute atomic E-state index is 0.0570. The number of thiazole rings is 1. The van der Waals surface area contributed by atoms with Crippen molar-refractivity contribution < 1.29 is 29.3 Å². The summed E-state index contributed by atoms with van der Waals surface area (Å²) >= 11 is 1.59. The van der Waals surface area contributed by atoms with Crippen molar-refractivity contribution in [3.63, 3.8) is 0 Å². The molecule has 7 atom stereocenters. The van der Waals surface area contributed by atoms with Crippen LogP contribution in [0, 0.1) is 17.3 Å². The predicted octanol–water partition coefficient (Wildman–Crippen LogP) is 4.23. The summed E-state index contributed by atoms with van der Waals surface area (Å²) in [4.78, 5) is 33.1. The van der Waals surface area contributed by atoms with Gasteiger partial charge < -0.3 is 24.6 Å². The summed E-state index contributed by atoms with van der Waals surface area (Å²) in [7, 11) is 4.00. The molecule has 9 heteroatoms. The van der Waals surface area contributed by atoms with Crippen molar-refractivity contribution in [3.8, 4) is 0 Å². The first-order chi connectivity index (χ1) is 17.6. The van der Waals surface area contributed by atoms with Gasteiger partial charge in [-0.05, 0) is 58.4 Å². The van der Waals surface area contributed by atoms with Gasteiger partial charge >= 0.3 is 5.97 Å². The van der Waals surface area contributed by atoms with Crippen LogP contribution in [-0.4, -0.2) is 76.0 Å². The average Bonchev–Trinajstić information content (AvgIpc) is 3.24. The predicted molar refractivity (Wildman–Crippen MR) is 149 cm³/mol. The number of rotatable bonds is 4. The number of aliphatic hydroxyl groups is 2. The highest BCUT2D eigenvalue weighted by Crippen LogP contribution is 2.45. The monoisotopic (exact) mass is 550 g/mol. The molecule has 0 bridgehead atoms. The number of nitrogens with zero attached hydrogens (tertiary/aromatic N) is 2. The van der Waals surface area contributed by atoms with E-state index in [1.807, 2.05) is 39.4 Å². The molecule has 2 fully saturated rings. The molecular formula is C29H46N2O6S. The van der Waals surface area contributed by atoms with E-state index in [0.717, 1.165) is 42.1 Å². The lowest BCUT2D eigenvalue weighted by atomic mass is 9.73. The largest absolute Gasteiger partial charge is 0.458 e. The van der Waals surface area contributed by atoms with Gasteiger partial charge in [-0.2, -0.15) is 0 Å². The van der Waals surface area contributed by atoms with Crippen molar-refractivity contribution in [3.05, 3.63) is 21.7 Å². The smallest absolute Gasteiger partial charge is 0.309 e. The molecule has 1 aromatic rings. The first-order valence-corrected chi connectivity index (χ1v) is 14.6. The zero-order valence-corrected chi connectivity index (χ0v) is 25.0. The van der Waals surface area contributed by atoms with Crippen molar-refractivity contribution in [2.24, 2.45) is 17.3 Å². The fourth-order valence-corrected chi connectivity index (χ4v) is 6.22. The Balaban J connectivity index is 1.84. The number of Topliss-reactive ketones (excluding diaryl/α,β-unsaturated/α-hetero) is 1. The topological polar surface area (TPSA) is 112 Å². The van der Waals surface area contributed by atoms with E-state index >= 15 is 0 Å². The van der Waals surface area contributed by atoms with Crippen molar-refractivity contribution in [2.75, 3.05) is 14.1 Å². The van der Waals surface area contributed by atoms with Crippen LogP contribution in [0.1, 0.15) is 84.3 Å². The zero-order valence-electron chi connectivity index (χ0n) is 24.2. The van der Waals surface area contributed by atoms with Gasteiger partial charge in [-0.15, -0.1) is 11.3 Å². The number of aliphatic hydroxyl groups excluding tert-OH is 2. The molecule has 2 saturated heterocycles. The van der Waals surface area contributed by atoms with Crippen LogP contribution in [0.2, 0.25) is 0 Å². The maximum Gasteiger partial charge on any atom is 0.309 e. The lowest BCUT2D eigenvalue weighted by molar-refractivity contribution is -0.154. The third-order valence-electron chi connectivity index (χ3n) is 8.31. The molecular weight excluding hydrogens is 504 g/mol. The Labute approximate surface area is 231 Å². The van der Waals surface area contributed by atoms with Crippen molar-refractivity contribution in [1.29, 1.82) is 0 Å². The van der Waals surface area contributed by atoms with E-state index in [1.54, 1.807) is 32.1 Å². The number of carbonyl (C=O) groups excluding carboxylic acids is 2. The number of cyclic esters (lactones) is 1. The molecule has 0 spiro atoms. The summed E-state index contributed by atoms with van der Waals surface area (Å²) in [6.07, 6.45) is 1.93. The molecule has 0 aromatic carbocycles. The summed E-state index contributed by atoms with van der Waals surface area (Å²) in [5.74, 6) is -1.56. The molecule has 1 aromatic heterocycles. The first-order valence-electron chi connectivity index (χ1n) is 13.7. The van der Waals surface area contributed by atoms with E-state index in [-0.39, 0.29) is 29.8 Å². The van der Waals surface area contributed by atoms with Gasteiger partial charge in [-0.1, -0.05) is 34.1 Å². The van der Waals surface area contributed by atoms with Gasteiger partial charge in [-0.25, -0.2) is 4.98 Å². The Hall–Kier alpha value is -1.65. The van der Waals surface area contributed by atoms with Crippen molar-refractivity contribution in [1.82, 2.24) is 9.88 Å². The average molecular weight is 551 g/mol. The third kappa shape index (κ3) is 7.50. The van der Waals surface area contributed by atoms with Gasteiger partial charge in [0.15, 0.2) is 0 Å². The Bertz CT molecular complexity index is 1020. The number of fused-ring (bicyclic) bond motifs is 1. The van der Waals surface area contributed by atoms with Gasteiger partial charge in [0.2, 0.25) is 0 Å². The van der Waals surface area contributed by atoms with Crippen molar-refractivity contribution in [2.45, 2.75) is 110 Å². The highest BCUT2D eigenvalue weighted by Gasteiger charge is 2.53. The quantitative estimate of drug-likeness (QED) is 0.423. The van der Waals surface area contributed by atoms with Crippen LogP contribution in [0.15, 0.2) is 11.0 Å². The van der Waals surface area contributed by atoms with E-state index in [2.05, 4.69) is 16.8 Å². The summed E-state index contributed by atoms with van der Waals surface area (Å²) < 4.78 is 12.0. The molecule has 0 amide bonds. The minimum Gasteiger partial charge on any atom is -0.458 e. The highest BCUT2D eigenvalue weighted by atomic mass is 32.1. The number of aromatic nitrogens is 1. The van der Waals surface area contributed by atoms with E-state index in [0.29, 0.717) is 6.42 Å². The zero-order chi connectivity index (χ0) is 28.4. The van der Waals surface area contributed by atoms with Gasteiger partial charge in [0.05, 0.1) is 41.4 Å². The molecule has 3 heterocycles. The van der Waals surface area contributed by atoms with Gasteiger partial charge in [0.1, 0.15) is 16.9 Å². The minimum atomic E-state index is -1.24. The van der Waals surface area contributed by atoms with Crippen LogP contribution >= 0.6 is 11.3 Å². The number of hydrogen-bond donors (Lipinski definition) is 2. The molecule has 2 N–H and O–H groups in total. The Morgan fingerprint density at radius 1 is 1.24 bits per heavy atom. The van der Waals surface area contributed by atoms with Gasteiger partial charge in [0.25, 0.3) is 0 Å². The van der Waals surface area contributed by atoms with E-state index in [1.165, 1.54) is 0 Å². The number of epoxide rings is 1. The second kappa shape index (κ2) is 12.3. The lowest BCUT2D eigenvalue weighted by Gasteiger charge is -2.34. The SMILES string of the molecule is CC(=Cc1csc(CN(C)C)n1)[C@@H]1C[C@@H]2O[C@]2(C)CCC[C@H](C)[C@H](O)[C@@H](C)C(=O)C(C)(C)[C@@H](O)CC(=O)O1. The molecule has 0 radical (unpaired) electrons. The van der Waals surface area contributed by atoms with Crippen LogP contribution in [0.5, 0.6) is 0 Å².